The third kappa shape index (κ3) is 8.64. The number of hydrogen-bond donors (Lipinski definition) is 2. The van der Waals surface area contributed by atoms with Crippen LogP contribution in [-0.2, 0) is 0 Å². The molecule has 126 valence electrons. The van der Waals surface area contributed by atoms with E-state index in [1.807, 2.05) is 0 Å². The fourth-order valence-corrected chi connectivity index (χ4v) is 1.73. The normalized spacial score (nSPS) is 9.17. The highest BCUT2D eigenvalue weighted by Gasteiger charge is 1.84. The molecule has 2 N–H and O–H groups in total. The third-order valence-corrected chi connectivity index (χ3v) is 3.29. The second kappa shape index (κ2) is 10.1. The lowest BCUT2D eigenvalue weighted by Crippen LogP contribution is -1.70. The summed E-state index contributed by atoms with van der Waals surface area (Å²) in [6, 6.07) is 22.7. The Kier molecular flexibility index (Phi) is 8.14. The molecule has 2 nitrogen and oxygen atoms in total. The fourth-order valence-electron chi connectivity index (χ4n) is 1.73. The molecule has 0 bridgehead atoms. The Morgan fingerprint density at radius 3 is 0.708 bits per heavy atom. The van der Waals surface area contributed by atoms with Crippen LogP contribution in [0.15, 0.2) is 72.8 Å². The monoisotopic (exact) mass is 322 g/mol. The molecule has 0 aliphatic rings. The average Bonchev–Trinajstić information content (AvgIpc) is 2.57. The van der Waals surface area contributed by atoms with E-state index < -0.39 is 0 Å². The zero-order valence-corrected chi connectivity index (χ0v) is 14.8. The molecule has 24 heavy (non-hydrogen) atoms. The molecule has 0 saturated heterocycles. The highest BCUT2D eigenvalue weighted by molar-refractivity contribution is 5.28. The van der Waals surface area contributed by atoms with Gasteiger partial charge in [0.25, 0.3) is 0 Å². The maximum atomic E-state index is 8.65. The van der Waals surface area contributed by atoms with Crippen molar-refractivity contribution in [3.63, 3.8) is 0 Å². The third-order valence-electron chi connectivity index (χ3n) is 3.29. The van der Waals surface area contributed by atoms with Gasteiger partial charge in [-0.2, -0.15) is 0 Å². The van der Waals surface area contributed by atoms with E-state index in [4.69, 9.17) is 10.2 Å². The molecule has 0 unspecified atom stereocenters. The zero-order chi connectivity index (χ0) is 17.9. The fraction of sp³-hybridized carbons (Fsp3) is 0.182. The van der Waals surface area contributed by atoms with Crippen LogP contribution in [0.3, 0.4) is 0 Å². The van der Waals surface area contributed by atoms with Gasteiger partial charge in [0.2, 0.25) is 0 Å². The first-order valence-corrected chi connectivity index (χ1v) is 7.91. The zero-order valence-electron chi connectivity index (χ0n) is 14.8. The van der Waals surface area contributed by atoms with Gasteiger partial charge in [0.05, 0.1) is 0 Å². The Morgan fingerprint density at radius 2 is 0.542 bits per heavy atom. The standard InChI is InChI=1S/2C8H10.C6H6O2/c2*1-7-3-5-8(2)6-4-7;7-5-1-2-6(8)4-3-5/h2*3-6H,1-2H3;1-4,7-8H. The minimum absolute atomic E-state index is 0.169. The van der Waals surface area contributed by atoms with E-state index in [0.29, 0.717) is 0 Å². The van der Waals surface area contributed by atoms with Gasteiger partial charge in [-0.05, 0) is 52.0 Å². The number of hydrogen-bond acceptors (Lipinski definition) is 2. The number of aromatic hydroxyl groups is 2. The van der Waals surface area contributed by atoms with Gasteiger partial charge in [-0.3, -0.25) is 0 Å². The molecule has 0 spiro atoms. The summed E-state index contributed by atoms with van der Waals surface area (Å²) in [6.45, 7) is 8.39. The number of aryl methyl sites for hydroxylation is 4. The molecular weight excluding hydrogens is 296 g/mol. The molecule has 0 radical (unpaired) electrons. The molecule has 0 atom stereocenters. The smallest absolute Gasteiger partial charge is 0.115 e. The van der Waals surface area contributed by atoms with E-state index in [9.17, 15) is 0 Å². The molecule has 3 aromatic carbocycles. The van der Waals surface area contributed by atoms with Gasteiger partial charge in [0.1, 0.15) is 11.5 Å². The van der Waals surface area contributed by atoms with Crippen LogP contribution < -0.4 is 0 Å². The second-order valence-electron chi connectivity index (χ2n) is 5.83. The second-order valence-corrected chi connectivity index (χ2v) is 5.83. The maximum absolute atomic E-state index is 8.65. The van der Waals surface area contributed by atoms with Gasteiger partial charge in [0, 0.05) is 0 Å². The molecule has 2 heteroatoms. The predicted molar refractivity (Wildman–Crippen MR) is 102 cm³/mol. The molecule has 0 fully saturated rings. The van der Waals surface area contributed by atoms with Gasteiger partial charge in [-0.1, -0.05) is 70.8 Å². The summed E-state index contributed by atoms with van der Waals surface area (Å²) in [4.78, 5) is 0. The highest BCUT2D eigenvalue weighted by atomic mass is 16.3. The summed E-state index contributed by atoms with van der Waals surface area (Å²) < 4.78 is 0. The molecule has 3 aromatic rings. The summed E-state index contributed by atoms with van der Waals surface area (Å²) in [5.74, 6) is 0.339. The highest BCUT2D eigenvalue weighted by Crippen LogP contribution is 2.13. The first kappa shape index (κ1) is 19.3. The van der Waals surface area contributed by atoms with Crippen LogP contribution in [0, 0.1) is 27.7 Å². The lowest BCUT2D eigenvalue weighted by atomic mass is 10.2. The Hall–Kier alpha value is -2.74. The number of phenolic OH excluding ortho intramolecular Hbond substituents is 2. The van der Waals surface area contributed by atoms with Crippen molar-refractivity contribution in [1.82, 2.24) is 0 Å². The summed E-state index contributed by atoms with van der Waals surface area (Å²) in [6.07, 6.45) is 0. The topological polar surface area (TPSA) is 40.5 Å². The SMILES string of the molecule is Cc1ccc(C)cc1.Cc1ccc(C)cc1.Oc1ccc(O)cc1. The largest absolute Gasteiger partial charge is 0.508 e. The van der Waals surface area contributed by atoms with E-state index >= 15 is 0 Å². The van der Waals surface area contributed by atoms with Crippen LogP contribution in [-0.4, -0.2) is 10.2 Å². The van der Waals surface area contributed by atoms with Crippen LogP contribution in [0.25, 0.3) is 0 Å². The lowest BCUT2D eigenvalue weighted by molar-refractivity contribution is 0.460. The van der Waals surface area contributed by atoms with Gasteiger partial charge < -0.3 is 10.2 Å². The molecular formula is C22H26O2. The summed E-state index contributed by atoms with van der Waals surface area (Å²) in [5.41, 5.74) is 5.32. The molecule has 3 rings (SSSR count). The van der Waals surface area contributed by atoms with Crippen molar-refractivity contribution in [2.24, 2.45) is 0 Å². The van der Waals surface area contributed by atoms with Crippen molar-refractivity contribution in [2.45, 2.75) is 27.7 Å². The van der Waals surface area contributed by atoms with Crippen LogP contribution >= 0.6 is 0 Å². The minimum Gasteiger partial charge on any atom is -0.508 e. The van der Waals surface area contributed by atoms with Crippen molar-refractivity contribution in [2.75, 3.05) is 0 Å². The van der Waals surface area contributed by atoms with Crippen molar-refractivity contribution in [1.29, 1.82) is 0 Å². The average molecular weight is 322 g/mol. The van der Waals surface area contributed by atoms with Crippen molar-refractivity contribution < 1.29 is 10.2 Å². The molecule has 0 heterocycles. The van der Waals surface area contributed by atoms with Gasteiger partial charge in [-0.15, -0.1) is 0 Å². The maximum Gasteiger partial charge on any atom is 0.115 e. The summed E-state index contributed by atoms with van der Waals surface area (Å²) in [7, 11) is 0. The van der Waals surface area contributed by atoms with Gasteiger partial charge in [0.15, 0.2) is 0 Å². The van der Waals surface area contributed by atoms with Crippen molar-refractivity contribution >= 4 is 0 Å². The van der Waals surface area contributed by atoms with E-state index in [0.717, 1.165) is 0 Å². The van der Waals surface area contributed by atoms with Crippen LogP contribution in [0.2, 0.25) is 0 Å². The molecule has 0 amide bonds. The number of phenols is 2. The Balaban J connectivity index is 0.000000180. The number of benzene rings is 3. The number of rotatable bonds is 0. The molecule has 0 aromatic heterocycles. The summed E-state index contributed by atoms with van der Waals surface area (Å²) in [5, 5.41) is 17.3. The van der Waals surface area contributed by atoms with Gasteiger partial charge >= 0.3 is 0 Å². The first-order valence-electron chi connectivity index (χ1n) is 7.91. The Labute approximate surface area is 145 Å². The quantitative estimate of drug-likeness (QED) is 0.521. The molecule has 0 aliphatic carbocycles. The van der Waals surface area contributed by atoms with Crippen molar-refractivity contribution in [3.05, 3.63) is 95.1 Å². The molecule has 0 aliphatic heterocycles. The van der Waals surface area contributed by atoms with Gasteiger partial charge in [-0.25, -0.2) is 0 Å². The first-order chi connectivity index (χ1) is 11.4. The van der Waals surface area contributed by atoms with Crippen LogP contribution in [0.1, 0.15) is 22.3 Å². The van der Waals surface area contributed by atoms with E-state index in [2.05, 4.69) is 76.2 Å². The lowest BCUT2D eigenvalue weighted by Gasteiger charge is -1.90. The summed E-state index contributed by atoms with van der Waals surface area (Å²) >= 11 is 0. The van der Waals surface area contributed by atoms with E-state index in [-0.39, 0.29) is 11.5 Å². The Bertz CT molecular complexity index is 530. The Morgan fingerprint density at radius 1 is 0.375 bits per heavy atom. The van der Waals surface area contributed by atoms with E-state index in [1.165, 1.54) is 46.5 Å². The minimum atomic E-state index is 0.169. The van der Waals surface area contributed by atoms with Crippen LogP contribution in [0.5, 0.6) is 11.5 Å². The predicted octanol–water partition coefficient (Wildman–Crippen LogP) is 5.70. The van der Waals surface area contributed by atoms with Crippen LogP contribution in [0.4, 0.5) is 0 Å². The molecule has 0 saturated carbocycles. The van der Waals surface area contributed by atoms with Crippen molar-refractivity contribution in [3.8, 4) is 11.5 Å². The van der Waals surface area contributed by atoms with E-state index in [1.54, 1.807) is 0 Å².